The van der Waals surface area contributed by atoms with Crippen molar-refractivity contribution >= 4 is 24.0 Å². The summed E-state index contributed by atoms with van der Waals surface area (Å²) in [4.78, 5) is 39.2. The minimum Gasteiger partial charge on any atom is -0.447 e. The molecule has 11 heteroatoms. The number of methoxy groups -OCH3 is 1. The summed E-state index contributed by atoms with van der Waals surface area (Å²) in [6.07, 6.45) is 0.744. The molecule has 0 bridgehead atoms. The average Bonchev–Trinajstić information content (AvgIpc) is 3.29. The first-order chi connectivity index (χ1) is 18.5. The molecule has 1 N–H and O–H groups in total. The molecule has 2 fully saturated rings. The highest BCUT2D eigenvalue weighted by Gasteiger charge is 2.39. The second kappa shape index (κ2) is 12.2. The Bertz CT molecular complexity index is 1130. The molecule has 4 rings (SSSR count). The Balaban J connectivity index is 1.31. The van der Waals surface area contributed by atoms with E-state index in [1.165, 1.54) is 10.5 Å². The van der Waals surface area contributed by atoms with Gasteiger partial charge in [-0.15, -0.1) is 0 Å². The van der Waals surface area contributed by atoms with Crippen LogP contribution in [0.4, 0.5) is 21.4 Å². The van der Waals surface area contributed by atoms with Gasteiger partial charge in [0.05, 0.1) is 12.1 Å². The molecule has 1 aromatic heterocycles. The highest BCUT2D eigenvalue weighted by Crippen LogP contribution is 2.26. The molecule has 1 unspecified atom stereocenters. The summed E-state index contributed by atoms with van der Waals surface area (Å²) >= 11 is 0. The van der Waals surface area contributed by atoms with Gasteiger partial charge in [0.25, 0.3) is 0 Å². The molecule has 2 aliphatic rings. The van der Waals surface area contributed by atoms with Gasteiger partial charge >= 0.3 is 12.2 Å². The number of aromatic nitrogens is 2. The van der Waals surface area contributed by atoms with Crippen molar-refractivity contribution in [2.24, 2.45) is 0 Å². The van der Waals surface area contributed by atoms with Crippen molar-refractivity contribution in [1.29, 1.82) is 0 Å². The van der Waals surface area contributed by atoms with Gasteiger partial charge in [-0.25, -0.2) is 14.6 Å². The predicted octanol–water partition coefficient (Wildman–Crippen LogP) is 4.06. The maximum Gasteiger partial charge on any atom is 0.416 e. The smallest absolute Gasteiger partial charge is 0.416 e. The fourth-order valence-corrected chi connectivity index (χ4v) is 4.62. The molecule has 212 valence electrons. The van der Waals surface area contributed by atoms with Gasteiger partial charge in [0.15, 0.2) is 0 Å². The molecular weight excluding hydrogens is 500 g/mol. The van der Waals surface area contributed by atoms with Crippen molar-refractivity contribution in [2.45, 2.75) is 65.0 Å². The van der Waals surface area contributed by atoms with Gasteiger partial charge in [-0.05, 0) is 51.8 Å². The molecule has 2 saturated heterocycles. The lowest BCUT2D eigenvalue weighted by atomic mass is 10.1. The highest BCUT2D eigenvalue weighted by molar-refractivity contribution is 5.89. The predicted molar refractivity (Wildman–Crippen MR) is 148 cm³/mol. The van der Waals surface area contributed by atoms with Gasteiger partial charge in [-0.1, -0.05) is 24.3 Å². The Morgan fingerprint density at radius 3 is 2.46 bits per heavy atom. The van der Waals surface area contributed by atoms with Gasteiger partial charge in [0, 0.05) is 46.0 Å². The van der Waals surface area contributed by atoms with Crippen molar-refractivity contribution in [2.75, 3.05) is 50.1 Å². The van der Waals surface area contributed by atoms with Crippen molar-refractivity contribution in [3.8, 4) is 0 Å². The number of anilines is 2. The molecule has 2 amide bonds. The number of hydrogen-bond acceptors (Lipinski definition) is 9. The molecule has 3 heterocycles. The number of carbonyl (C=O) groups is 2. The topological polar surface area (TPSA) is 109 Å². The number of hydrogen-bond donors (Lipinski definition) is 1. The molecule has 3 atom stereocenters. The maximum absolute atomic E-state index is 12.4. The van der Waals surface area contributed by atoms with E-state index in [-0.39, 0.29) is 30.9 Å². The fraction of sp³-hybridized carbons (Fsp3) is 0.571. The number of carbonyl (C=O) groups excluding carboxylic acids is 2. The van der Waals surface area contributed by atoms with E-state index in [0.717, 1.165) is 25.2 Å². The van der Waals surface area contributed by atoms with E-state index in [2.05, 4.69) is 44.5 Å². The lowest BCUT2D eigenvalue weighted by Gasteiger charge is -2.35. The van der Waals surface area contributed by atoms with Gasteiger partial charge in [-0.3, -0.25) is 9.80 Å². The number of ether oxygens (including phenoxy) is 3. The van der Waals surface area contributed by atoms with Crippen LogP contribution in [0.25, 0.3) is 0 Å². The van der Waals surface area contributed by atoms with Crippen LogP contribution in [0.15, 0.2) is 36.5 Å². The standard InChI is InChI=1S/C28H40N6O5/c1-19(30-25-29-12-11-24(31-25)34-23(20(2)37-6)18-38-27(34)36)22-9-7-21(8-10-22)17-32-13-15-33(16-14-32)26(35)39-28(3,4)5/h7-12,19-20,23H,13-18H2,1-6H3,(H,29,30,31)/t19-,20-,23?/m0/s1. The number of rotatable bonds is 8. The molecule has 2 aliphatic heterocycles. The number of amides is 2. The van der Waals surface area contributed by atoms with Gasteiger partial charge in [0.1, 0.15) is 24.1 Å². The monoisotopic (exact) mass is 540 g/mol. The zero-order valence-corrected chi connectivity index (χ0v) is 23.7. The molecule has 11 nitrogen and oxygen atoms in total. The summed E-state index contributed by atoms with van der Waals surface area (Å²) in [6.45, 7) is 13.6. The van der Waals surface area contributed by atoms with Crippen LogP contribution in [0, 0.1) is 0 Å². The van der Waals surface area contributed by atoms with Crippen LogP contribution in [-0.2, 0) is 20.8 Å². The van der Waals surface area contributed by atoms with Crippen LogP contribution < -0.4 is 10.2 Å². The Morgan fingerprint density at radius 2 is 1.82 bits per heavy atom. The van der Waals surface area contributed by atoms with Crippen LogP contribution in [-0.4, -0.2) is 89.6 Å². The summed E-state index contributed by atoms with van der Waals surface area (Å²) in [6, 6.07) is 9.84. The third-order valence-corrected chi connectivity index (χ3v) is 6.96. The van der Waals surface area contributed by atoms with Crippen LogP contribution in [0.2, 0.25) is 0 Å². The summed E-state index contributed by atoms with van der Waals surface area (Å²) in [5.74, 6) is 0.897. The van der Waals surface area contributed by atoms with Crippen molar-refractivity contribution in [3.63, 3.8) is 0 Å². The van der Waals surface area contributed by atoms with Crippen LogP contribution in [0.5, 0.6) is 0 Å². The quantitative estimate of drug-likeness (QED) is 0.530. The van der Waals surface area contributed by atoms with E-state index in [9.17, 15) is 9.59 Å². The lowest BCUT2D eigenvalue weighted by Crippen LogP contribution is -2.49. The average molecular weight is 541 g/mol. The van der Waals surface area contributed by atoms with Crippen LogP contribution in [0.1, 0.15) is 51.8 Å². The highest BCUT2D eigenvalue weighted by atomic mass is 16.6. The normalized spacial score (nSPS) is 19.9. The first kappa shape index (κ1) is 28.6. The number of nitrogens with zero attached hydrogens (tertiary/aromatic N) is 5. The molecule has 0 spiro atoms. The number of nitrogens with one attached hydrogen (secondary N) is 1. The van der Waals surface area contributed by atoms with Gasteiger partial charge in [-0.2, -0.15) is 4.98 Å². The molecule has 2 aromatic rings. The SMILES string of the molecule is CO[C@@H](C)C1COC(=O)N1c1ccnc(N[C@@H](C)c2ccc(CN3CCN(C(=O)OC(C)(C)C)CC3)cc2)n1. The molecule has 0 saturated carbocycles. The zero-order valence-electron chi connectivity index (χ0n) is 23.7. The largest absolute Gasteiger partial charge is 0.447 e. The first-order valence-corrected chi connectivity index (χ1v) is 13.4. The summed E-state index contributed by atoms with van der Waals surface area (Å²) < 4.78 is 16.2. The summed E-state index contributed by atoms with van der Waals surface area (Å²) in [5, 5.41) is 3.34. The lowest BCUT2D eigenvalue weighted by molar-refractivity contribution is 0.0139. The third-order valence-electron chi connectivity index (χ3n) is 6.96. The number of cyclic esters (lactones) is 1. The van der Waals surface area contributed by atoms with E-state index in [1.54, 1.807) is 24.3 Å². The minimum atomic E-state index is -0.482. The molecule has 0 aliphatic carbocycles. The van der Waals surface area contributed by atoms with Crippen LogP contribution >= 0.6 is 0 Å². The minimum absolute atomic E-state index is 0.0501. The van der Waals surface area contributed by atoms with Crippen LogP contribution in [0.3, 0.4) is 0 Å². The van der Waals surface area contributed by atoms with E-state index in [4.69, 9.17) is 14.2 Å². The zero-order chi connectivity index (χ0) is 28.2. The summed E-state index contributed by atoms with van der Waals surface area (Å²) in [7, 11) is 1.61. The molecule has 39 heavy (non-hydrogen) atoms. The molecular formula is C28H40N6O5. The number of benzene rings is 1. The first-order valence-electron chi connectivity index (χ1n) is 13.4. The Morgan fingerprint density at radius 1 is 1.13 bits per heavy atom. The third kappa shape index (κ3) is 7.36. The van der Waals surface area contributed by atoms with Crippen molar-refractivity contribution < 1.29 is 23.8 Å². The Kier molecular flexibility index (Phi) is 8.91. The van der Waals surface area contributed by atoms with Gasteiger partial charge in [0.2, 0.25) is 5.95 Å². The Labute approximate surface area is 230 Å². The second-order valence-electron chi connectivity index (χ2n) is 11.0. The van der Waals surface area contributed by atoms with Crippen molar-refractivity contribution in [3.05, 3.63) is 47.7 Å². The number of piperazine rings is 1. The van der Waals surface area contributed by atoms with Crippen molar-refractivity contribution in [1.82, 2.24) is 19.8 Å². The fourth-order valence-electron chi connectivity index (χ4n) is 4.62. The van der Waals surface area contributed by atoms with E-state index >= 15 is 0 Å². The van der Waals surface area contributed by atoms with E-state index < -0.39 is 11.7 Å². The van der Waals surface area contributed by atoms with E-state index in [0.29, 0.717) is 24.9 Å². The van der Waals surface area contributed by atoms with E-state index in [1.807, 2.05) is 34.6 Å². The summed E-state index contributed by atoms with van der Waals surface area (Å²) in [5.41, 5.74) is 1.82. The maximum atomic E-state index is 12.4. The molecule has 0 radical (unpaired) electrons. The molecule has 1 aromatic carbocycles. The van der Waals surface area contributed by atoms with Gasteiger partial charge < -0.3 is 24.4 Å². The Hall–Kier alpha value is -3.44. The second-order valence-corrected chi connectivity index (χ2v) is 11.0.